The van der Waals surface area contributed by atoms with E-state index in [2.05, 4.69) is 5.32 Å². The minimum Gasteiger partial charge on any atom is -0.479 e. The Morgan fingerprint density at radius 2 is 2.19 bits per heavy atom. The second kappa shape index (κ2) is 5.06. The average Bonchev–Trinajstić information content (AvgIpc) is 3.10. The first-order chi connectivity index (χ1) is 10.1. The lowest BCUT2D eigenvalue weighted by atomic mass is 9.92. The molecule has 0 aromatic heterocycles. The fourth-order valence-corrected chi connectivity index (χ4v) is 3.58. The van der Waals surface area contributed by atoms with E-state index in [4.69, 9.17) is 0 Å². The maximum atomic E-state index is 12.8. The molecule has 2 heterocycles. The molecule has 5 nitrogen and oxygen atoms in total. The van der Waals surface area contributed by atoms with E-state index < -0.39 is 11.5 Å². The summed E-state index contributed by atoms with van der Waals surface area (Å²) >= 11 is 0. The standard InChI is InChI=1S/C16H20N2O3/c1-2-16(15(20)21)8-5-9-18(16)14(19)13-10-11-6-3-4-7-12(11)17-13/h3-4,6-7,13,17H,2,5,8-10H2,1H3,(H,20,21). The molecule has 1 aromatic rings. The van der Waals surface area contributed by atoms with Gasteiger partial charge in [-0.2, -0.15) is 0 Å². The zero-order chi connectivity index (χ0) is 15.0. The number of carbonyl (C=O) groups excluding carboxylic acids is 1. The van der Waals surface area contributed by atoms with E-state index >= 15 is 0 Å². The molecule has 0 aliphatic carbocycles. The van der Waals surface area contributed by atoms with E-state index in [-0.39, 0.29) is 11.9 Å². The monoisotopic (exact) mass is 288 g/mol. The van der Waals surface area contributed by atoms with Gasteiger partial charge in [-0.25, -0.2) is 4.79 Å². The van der Waals surface area contributed by atoms with Crippen LogP contribution < -0.4 is 5.32 Å². The molecule has 1 amide bonds. The number of amides is 1. The van der Waals surface area contributed by atoms with Crippen molar-refractivity contribution in [2.24, 2.45) is 0 Å². The number of aliphatic carboxylic acids is 1. The van der Waals surface area contributed by atoms with Crippen molar-refractivity contribution in [1.29, 1.82) is 0 Å². The predicted molar refractivity (Wildman–Crippen MR) is 79.2 cm³/mol. The molecule has 1 saturated heterocycles. The third-order valence-electron chi connectivity index (χ3n) is 4.81. The Bertz CT molecular complexity index is 562. The Hall–Kier alpha value is -2.04. The van der Waals surface area contributed by atoms with E-state index in [1.165, 1.54) is 0 Å². The first-order valence-electron chi connectivity index (χ1n) is 7.48. The normalized spacial score (nSPS) is 27.3. The zero-order valence-electron chi connectivity index (χ0n) is 12.1. The Morgan fingerprint density at radius 3 is 2.86 bits per heavy atom. The Balaban J connectivity index is 1.82. The highest BCUT2D eigenvalue weighted by molar-refractivity contribution is 5.93. The van der Waals surface area contributed by atoms with Gasteiger partial charge in [-0.15, -0.1) is 0 Å². The maximum absolute atomic E-state index is 12.8. The zero-order valence-corrected chi connectivity index (χ0v) is 12.1. The lowest BCUT2D eigenvalue weighted by Crippen LogP contribution is -2.56. The molecule has 1 aromatic carbocycles. The van der Waals surface area contributed by atoms with Gasteiger partial charge in [-0.05, 0) is 30.9 Å². The molecule has 2 aliphatic heterocycles. The van der Waals surface area contributed by atoms with Crippen molar-refractivity contribution < 1.29 is 14.7 Å². The Kier molecular flexibility index (Phi) is 3.35. The molecule has 2 aliphatic rings. The number of rotatable bonds is 3. The maximum Gasteiger partial charge on any atom is 0.329 e. The molecule has 0 saturated carbocycles. The smallest absolute Gasteiger partial charge is 0.329 e. The van der Waals surface area contributed by atoms with E-state index in [9.17, 15) is 14.7 Å². The minimum atomic E-state index is -1.02. The highest BCUT2D eigenvalue weighted by atomic mass is 16.4. The van der Waals surface area contributed by atoms with E-state index in [0.717, 1.165) is 17.7 Å². The Morgan fingerprint density at radius 1 is 1.43 bits per heavy atom. The van der Waals surface area contributed by atoms with Crippen LogP contribution in [0.1, 0.15) is 31.7 Å². The van der Waals surface area contributed by atoms with Crippen molar-refractivity contribution in [2.45, 2.75) is 44.2 Å². The SMILES string of the molecule is CCC1(C(=O)O)CCCN1C(=O)C1Cc2ccccc2N1. The van der Waals surface area contributed by atoms with Crippen molar-refractivity contribution in [3.63, 3.8) is 0 Å². The number of nitrogens with zero attached hydrogens (tertiary/aromatic N) is 1. The molecule has 5 heteroatoms. The lowest BCUT2D eigenvalue weighted by molar-refractivity contribution is -0.157. The van der Waals surface area contributed by atoms with E-state index in [1.807, 2.05) is 31.2 Å². The molecule has 2 unspecified atom stereocenters. The van der Waals surface area contributed by atoms with Crippen molar-refractivity contribution in [2.75, 3.05) is 11.9 Å². The molecule has 3 rings (SSSR count). The number of carbonyl (C=O) groups is 2. The van der Waals surface area contributed by atoms with Crippen molar-refractivity contribution in [3.8, 4) is 0 Å². The van der Waals surface area contributed by atoms with Crippen molar-refractivity contribution in [3.05, 3.63) is 29.8 Å². The number of hydrogen-bond acceptors (Lipinski definition) is 3. The summed E-state index contributed by atoms with van der Waals surface area (Å²) in [5, 5.41) is 12.8. The van der Waals surface area contributed by atoms with Gasteiger partial charge < -0.3 is 15.3 Å². The number of anilines is 1. The van der Waals surface area contributed by atoms with Gasteiger partial charge in [0.05, 0.1) is 0 Å². The second-order valence-corrected chi connectivity index (χ2v) is 5.84. The predicted octanol–water partition coefficient (Wildman–Crippen LogP) is 1.88. The number of para-hydroxylation sites is 1. The van der Waals surface area contributed by atoms with Crippen LogP contribution in [0.25, 0.3) is 0 Å². The minimum absolute atomic E-state index is 0.0899. The van der Waals surface area contributed by atoms with Crippen LogP contribution in [-0.2, 0) is 16.0 Å². The van der Waals surface area contributed by atoms with Crippen LogP contribution in [0.2, 0.25) is 0 Å². The van der Waals surface area contributed by atoms with Crippen LogP contribution in [0.15, 0.2) is 24.3 Å². The van der Waals surface area contributed by atoms with Gasteiger partial charge in [0.1, 0.15) is 11.6 Å². The van der Waals surface area contributed by atoms with Gasteiger partial charge in [0.25, 0.3) is 0 Å². The van der Waals surface area contributed by atoms with Crippen LogP contribution in [0.5, 0.6) is 0 Å². The van der Waals surface area contributed by atoms with Crippen LogP contribution in [-0.4, -0.2) is 40.0 Å². The summed E-state index contributed by atoms with van der Waals surface area (Å²) in [5.74, 6) is -0.973. The number of carboxylic acids is 1. The van der Waals surface area contributed by atoms with Crippen LogP contribution in [0.4, 0.5) is 5.69 Å². The molecule has 2 N–H and O–H groups in total. The molecule has 0 spiro atoms. The van der Waals surface area contributed by atoms with Gasteiger partial charge in [-0.1, -0.05) is 25.1 Å². The van der Waals surface area contributed by atoms with Gasteiger partial charge >= 0.3 is 5.97 Å². The number of fused-ring (bicyclic) bond motifs is 1. The van der Waals surface area contributed by atoms with Crippen molar-refractivity contribution >= 4 is 17.6 Å². The molecule has 112 valence electrons. The summed E-state index contributed by atoms with van der Waals surface area (Å²) in [6.45, 7) is 2.38. The molecule has 1 fully saturated rings. The fraction of sp³-hybridized carbons (Fsp3) is 0.500. The highest BCUT2D eigenvalue weighted by Crippen LogP contribution is 2.35. The lowest BCUT2D eigenvalue weighted by Gasteiger charge is -2.35. The van der Waals surface area contributed by atoms with E-state index in [0.29, 0.717) is 25.8 Å². The number of carboxylic acid groups (broad SMARTS) is 1. The van der Waals surface area contributed by atoms with Crippen LogP contribution in [0.3, 0.4) is 0 Å². The first kappa shape index (κ1) is 13.9. The quantitative estimate of drug-likeness (QED) is 0.891. The number of likely N-dealkylation sites (tertiary alicyclic amines) is 1. The number of hydrogen-bond donors (Lipinski definition) is 2. The molecule has 21 heavy (non-hydrogen) atoms. The highest BCUT2D eigenvalue weighted by Gasteiger charge is 2.50. The molecular formula is C16H20N2O3. The van der Waals surface area contributed by atoms with E-state index in [1.54, 1.807) is 4.90 Å². The third-order valence-corrected chi connectivity index (χ3v) is 4.81. The molecule has 2 atom stereocenters. The summed E-state index contributed by atoms with van der Waals surface area (Å²) in [4.78, 5) is 26.1. The second-order valence-electron chi connectivity index (χ2n) is 5.84. The summed E-state index contributed by atoms with van der Waals surface area (Å²) < 4.78 is 0. The van der Waals surface area contributed by atoms with Gasteiger partial charge in [0.2, 0.25) is 5.91 Å². The number of benzene rings is 1. The van der Waals surface area contributed by atoms with Crippen molar-refractivity contribution in [1.82, 2.24) is 4.90 Å². The van der Waals surface area contributed by atoms with Crippen LogP contribution >= 0.6 is 0 Å². The summed E-state index contributed by atoms with van der Waals surface area (Å²) in [7, 11) is 0. The summed E-state index contributed by atoms with van der Waals surface area (Å²) in [6.07, 6.45) is 2.38. The van der Waals surface area contributed by atoms with Gasteiger partial charge in [0.15, 0.2) is 0 Å². The molecular weight excluding hydrogens is 268 g/mol. The summed E-state index contributed by atoms with van der Waals surface area (Å²) in [5.41, 5.74) is 1.08. The average molecular weight is 288 g/mol. The number of nitrogens with one attached hydrogen (secondary N) is 1. The fourth-order valence-electron chi connectivity index (χ4n) is 3.58. The molecule has 0 radical (unpaired) electrons. The largest absolute Gasteiger partial charge is 0.479 e. The van der Waals surface area contributed by atoms with Gasteiger partial charge in [0, 0.05) is 18.7 Å². The third kappa shape index (κ3) is 2.07. The Labute approximate surface area is 123 Å². The molecule has 0 bridgehead atoms. The summed E-state index contributed by atoms with van der Waals surface area (Å²) in [6, 6.07) is 7.51. The van der Waals surface area contributed by atoms with Crippen LogP contribution in [0, 0.1) is 0 Å². The van der Waals surface area contributed by atoms with Gasteiger partial charge in [-0.3, -0.25) is 4.79 Å². The first-order valence-corrected chi connectivity index (χ1v) is 7.48. The topological polar surface area (TPSA) is 69.6 Å².